The van der Waals surface area contributed by atoms with Crippen molar-refractivity contribution in [2.45, 2.75) is 70.1 Å². The standard InChI is InChI=1S/C33H39N5O3/c1-21(25-8-10-31(36-19-25)33(41)37-27-5-3-4-6-27)32(40)22(2)29-16-24(7-9-30(29)34)26-15-23(17-35-18-26)20-38-13-11-28(39)12-14-38/h7-10,15-19,21,27-28,39H,2-6,11-14,20,34H2,1H3,(H,37,41)/t21-/m1/s1. The number of allylic oxidation sites excluding steroid dienone is 1. The molecule has 2 aromatic heterocycles. The molecule has 3 aromatic rings. The molecule has 8 heteroatoms. The first-order valence-electron chi connectivity index (χ1n) is 14.5. The molecule has 1 amide bonds. The number of aromatic nitrogens is 2. The number of nitrogen functional groups attached to an aromatic ring is 1. The average Bonchev–Trinajstić information content (AvgIpc) is 3.51. The first-order chi connectivity index (χ1) is 19.8. The highest BCUT2D eigenvalue weighted by atomic mass is 16.3. The topological polar surface area (TPSA) is 121 Å². The minimum atomic E-state index is -0.502. The van der Waals surface area contributed by atoms with Gasteiger partial charge in [0.05, 0.1) is 6.10 Å². The third kappa shape index (κ3) is 6.89. The number of ketones is 1. The molecule has 8 nitrogen and oxygen atoms in total. The molecule has 0 bridgehead atoms. The van der Waals surface area contributed by atoms with Crippen molar-refractivity contribution in [3.63, 3.8) is 0 Å². The third-order valence-electron chi connectivity index (χ3n) is 8.37. The molecular formula is C33H39N5O3. The monoisotopic (exact) mass is 553 g/mol. The molecule has 4 N–H and O–H groups in total. The number of Topliss-reactive ketones (excluding diaryl/α,β-unsaturated/α-hetero) is 1. The maximum atomic E-state index is 13.5. The molecule has 2 fully saturated rings. The summed E-state index contributed by atoms with van der Waals surface area (Å²) in [4.78, 5) is 37.2. The van der Waals surface area contributed by atoms with Gasteiger partial charge in [-0.05, 0) is 66.6 Å². The zero-order valence-electron chi connectivity index (χ0n) is 23.7. The number of hydrogen-bond acceptors (Lipinski definition) is 7. The summed E-state index contributed by atoms with van der Waals surface area (Å²) in [5.41, 5.74) is 11.7. The zero-order chi connectivity index (χ0) is 28.9. The van der Waals surface area contributed by atoms with Crippen molar-refractivity contribution < 1.29 is 14.7 Å². The van der Waals surface area contributed by atoms with Crippen LogP contribution in [-0.4, -0.2) is 56.9 Å². The van der Waals surface area contributed by atoms with Gasteiger partial charge in [0.15, 0.2) is 5.78 Å². The van der Waals surface area contributed by atoms with Crippen molar-refractivity contribution in [3.8, 4) is 11.1 Å². The van der Waals surface area contributed by atoms with E-state index in [-0.39, 0.29) is 23.8 Å². The van der Waals surface area contributed by atoms with Crippen molar-refractivity contribution in [1.82, 2.24) is 20.2 Å². The fourth-order valence-electron chi connectivity index (χ4n) is 5.74. The second-order valence-corrected chi connectivity index (χ2v) is 11.4. The molecule has 1 aromatic carbocycles. The van der Waals surface area contributed by atoms with E-state index in [4.69, 9.17) is 5.73 Å². The number of hydrogen-bond donors (Lipinski definition) is 3. The van der Waals surface area contributed by atoms with Gasteiger partial charge in [0, 0.05) is 72.6 Å². The van der Waals surface area contributed by atoms with Gasteiger partial charge in [0.1, 0.15) is 5.69 Å². The van der Waals surface area contributed by atoms with Crippen LogP contribution in [0.5, 0.6) is 0 Å². The highest BCUT2D eigenvalue weighted by molar-refractivity contribution is 6.24. The Bertz CT molecular complexity index is 1410. The maximum absolute atomic E-state index is 13.5. The van der Waals surface area contributed by atoms with Crippen LogP contribution in [0.2, 0.25) is 0 Å². The molecular weight excluding hydrogens is 514 g/mol. The van der Waals surface area contributed by atoms with Gasteiger partial charge in [-0.25, -0.2) is 0 Å². The number of nitrogens with one attached hydrogen (secondary N) is 1. The largest absolute Gasteiger partial charge is 0.398 e. The molecule has 1 atom stereocenters. The number of nitrogens with two attached hydrogens (primary N) is 1. The van der Waals surface area contributed by atoms with Crippen LogP contribution >= 0.6 is 0 Å². The highest BCUT2D eigenvalue weighted by Gasteiger charge is 2.23. The van der Waals surface area contributed by atoms with E-state index >= 15 is 0 Å². The summed E-state index contributed by atoms with van der Waals surface area (Å²) in [6.07, 6.45) is 11.0. The summed E-state index contributed by atoms with van der Waals surface area (Å²) in [5, 5.41) is 12.8. The number of benzene rings is 1. The van der Waals surface area contributed by atoms with E-state index in [0.29, 0.717) is 28.1 Å². The van der Waals surface area contributed by atoms with Gasteiger partial charge in [0.2, 0.25) is 0 Å². The van der Waals surface area contributed by atoms with E-state index in [9.17, 15) is 14.7 Å². The van der Waals surface area contributed by atoms with Gasteiger partial charge in [-0.1, -0.05) is 38.5 Å². The summed E-state index contributed by atoms with van der Waals surface area (Å²) >= 11 is 0. The Hall–Kier alpha value is -3.88. The molecule has 0 unspecified atom stereocenters. The van der Waals surface area contributed by atoms with Gasteiger partial charge >= 0.3 is 0 Å². The Balaban J connectivity index is 1.27. The molecule has 214 valence electrons. The molecule has 1 saturated heterocycles. The SMILES string of the molecule is C=C(C(=O)[C@H](C)c1ccc(C(=O)NC2CCCC2)nc1)c1cc(-c2cncc(CN3CCC(O)CC3)c2)ccc1N. The second kappa shape index (κ2) is 12.7. The van der Waals surface area contributed by atoms with E-state index in [1.807, 2.05) is 31.5 Å². The average molecular weight is 554 g/mol. The summed E-state index contributed by atoms with van der Waals surface area (Å²) in [6, 6.07) is 11.4. The summed E-state index contributed by atoms with van der Waals surface area (Å²) in [7, 11) is 0. The Morgan fingerprint density at radius 1 is 1.05 bits per heavy atom. The Kier molecular flexibility index (Phi) is 8.90. The Morgan fingerprint density at radius 3 is 2.51 bits per heavy atom. The van der Waals surface area contributed by atoms with Crippen molar-refractivity contribution in [2.75, 3.05) is 18.8 Å². The van der Waals surface area contributed by atoms with Gasteiger partial charge in [-0.2, -0.15) is 0 Å². The number of carbonyl (C=O) groups is 2. The molecule has 0 spiro atoms. The molecule has 3 heterocycles. The predicted molar refractivity (Wildman–Crippen MR) is 161 cm³/mol. The smallest absolute Gasteiger partial charge is 0.270 e. The number of amides is 1. The van der Waals surface area contributed by atoms with Crippen molar-refractivity contribution >= 4 is 23.0 Å². The van der Waals surface area contributed by atoms with E-state index < -0.39 is 5.92 Å². The number of aliphatic hydroxyl groups is 1. The number of pyridine rings is 2. The van der Waals surface area contributed by atoms with Gasteiger partial charge < -0.3 is 16.2 Å². The van der Waals surface area contributed by atoms with E-state index in [1.54, 1.807) is 24.4 Å². The Morgan fingerprint density at radius 2 is 1.80 bits per heavy atom. The first-order valence-corrected chi connectivity index (χ1v) is 14.5. The molecule has 2 aliphatic rings. The van der Waals surface area contributed by atoms with E-state index in [2.05, 4.69) is 32.8 Å². The first kappa shape index (κ1) is 28.6. The van der Waals surface area contributed by atoms with Crippen LogP contribution < -0.4 is 11.1 Å². The summed E-state index contributed by atoms with van der Waals surface area (Å²) in [5.74, 6) is -0.833. The summed E-state index contributed by atoms with van der Waals surface area (Å²) < 4.78 is 0. The van der Waals surface area contributed by atoms with Crippen molar-refractivity contribution in [1.29, 1.82) is 0 Å². The minimum Gasteiger partial charge on any atom is -0.398 e. The number of anilines is 1. The van der Waals surface area contributed by atoms with Crippen LogP contribution in [0.3, 0.4) is 0 Å². The molecule has 1 aliphatic heterocycles. The lowest BCUT2D eigenvalue weighted by Gasteiger charge is -2.29. The number of piperidine rings is 1. The lowest BCUT2D eigenvalue weighted by molar-refractivity contribution is -0.114. The second-order valence-electron chi connectivity index (χ2n) is 11.4. The van der Waals surface area contributed by atoms with Crippen LogP contribution in [-0.2, 0) is 11.3 Å². The van der Waals surface area contributed by atoms with Crippen LogP contribution in [0.1, 0.15) is 78.5 Å². The molecule has 1 saturated carbocycles. The molecule has 1 aliphatic carbocycles. The lowest BCUT2D eigenvalue weighted by Crippen LogP contribution is -2.35. The number of aliphatic hydroxyl groups excluding tert-OH is 1. The maximum Gasteiger partial charge on any atom is 0.270 e. The molecule has 5 rings (SSSR count). The third-order valence-corrected chi connectivity index (χ3v) is 8.37. The van der Waals surface area contributed by atoms with E-state index in [0.717, 1.165) is 74.8 Å². The molecule has 0 radical (unpaired) electrons. The molecule has 41 heavy (non-hydrogen) atoms. The van der Waals surface area contributed by atoms with Crippen LogP contribution in [0.4, 0.5) is 5.69 Å². The van der Waals surface area contributed by atoms with Crippen LogP contribution in [0.15, 0.2) is 61.6 Å². The van der Waals surface area contributed by atoms with Gasteiger partial charge in [-0.15, -0.1) is 0 Å². The van der Waals surface area contributed by atoms with Gasteiger partial charge in [-0.3, -0.25) is 24.5 Å². The Labute approximate surface area is 241 Å². The van der Waals surface area contributed by atoms with Crippen LogP contribution in [0, 0.1) is 0 Å². The normalized spacial score (nSPS) is 17.3. The fourth-order valence-corrected chi connectivity index (χ4v) is 5.74. The number of likely N-dealkylation sites (tertiary alicyclic amines) is 1. The minimum absolute atomic E-state index is 0.155. The highest BCUT2D eigenvalue weighted by Crippen LogP contribution is 2.32. The van der Waals surface area contributed by atoms with Crippen molar-refractivity contribution in [3.05, 3.63) is 84.0 Å². The fraction of sp³-hybridized carbons (Fsp3) is 0.394. The van der Waals surface area contributed by atoms with Crippen LogP contribution in [0.25, 0.3) is 16.7 Å². The number of nitrogens with zero attached hydrogens (tertiary/aromatic N) is 3. The quantitative estimate of drug-likeness (QED) is 0.258. The van der Waals surface area contributed by atoms with Gasteiger partial charge in [0.25, 0.3) is 5.91 Å². The lowest BCUT2D eigenvalue weighted by atomic mass is 9.88. The van der Waals surface area contributed by atoms with Crippen molar-refractivity contribution in [2.24, 2.45) is 0 Å². The summed E-state index contributed by atoms with van der Waals surface area (Å²) in [6.45, 7) is 8.43. The zero-order valence-corrected chi connectivity index (χ0v) is 23.7. The van der Waals surface area contributed by atoms with E-state index in [1.165, 1.54) is 0 Å². The number of rotatable bonds is 9. The predicted octanol–water partition coefficient (Wildman–Crippen LogP) is 4.74. The number of carbonyl (C=O) groups excluding carboxylic acids is 2.